The number of anilines is 1. The topological polar surface area (TPSA) is 84.3 Å². The van der Waals surface area contributed by atoms with Crippen molar-refractivity contribution in [1.29, 1.82) is 5.39 Å². The van der Waals surface area contributed by atoms with E-state index in [0.29, 0.717) is 22.8 Å². The highest BCUT2D eigenvalue weighted by molar-refractivity contribution is 6.05. The van der Waals surface area contributed by atoms with Crippen LogP contribution in [-0.4, -0.2) is 22.8 Å². The Morgan fingerprint density at radius 1 is 1.16 bits per heavy atom. The van der Waals surface area contributed by atoms with Gasteiger partial charge in [0.05, 0.1) is 12.8 Å². The number of carbonyl (C=O) groups excluding carboxylic acids is 1. The fourth-order valence-corrected chi connectivity index (χ4v) is 2.43. The van der Waals surface area contributed by atoms with Crippen LogP contribution >= 0.6 is 0 Å². The summed E-state index contributed by atoms with van der Waals surface area (Å²) in [5, 5.41) is 16.4. The molecule has 0 radical (unpaired) electrons. The Morgan fingerprint density at radius 3 is 2.44 bits per heavy atom. The molecule has 2 aromatic carbocycles. The summed E-state index contributed by atoms with van der Waals surface area (Å²) in [5.74, 6) is 0.615. The lowest BCUT2D eigenvalue weighted by atomic mass is 10.2. The van der Waals surface area contributed by atoms with E-state index in [1.165, 1.54) is 4.68 Å². The molecule has 0 saturated carbocycles. The van der Waals surface area contributed by atoms with E-state index >= 15 is 0 Å². The molecule has 0 aliphatic rings. The normalized spacial score (nSPS) is 10.1. The van der Waals surface area contributed by atoms with Crippen molar-refractivity contribution in [2.45, 2.75) is 6.92 Å². The van der Waals surface area contributed by atoms with Gasteiger partial charge in [-0.05, 0) is 43.3 Å². The second-order valence-corrected chi connectivity index (χ2v) is 5.31. The van der Waals surface area contributed by atoms with Crippen LogP contribution < -0.4 is 10.1 Å². The second kappa shape index (κ2) is 6.84. The number of methoxy groups -OCH3 is 1. The van der Waals surface area contributed by atoms with Crippen LogP contribution in [0.5, 0.6) is 5.75 Å². The molecular formula is C18H16N5O2+. The van der Waals surface area contributed by atoms with Crippen LogP contribution in [0.4, 0.5) is 11.5 Å². The van der Waals surface area contributed by atoms with Gasteiger partial charge in [0.15, 0.2) is 10.7 Å². The van der Waals surface area contributed by atoms with Crippen molar-refractivity contribution in [3.8, 4) is 11.4 Å². The number of benzene rings is 2. The Balaban J connectivity index is 1.98. The van der Waals surface area contributed by atoms with Gasteiger partial charge in [-0.2, -0.15) is 5.10 Å². The van der Waals surface area contributed by atoms with E-state index in [2.05, 4.69) is 15.4 Å². The molecule has 0 saturated heterocycles. The fraction of sp³-hybridized carbons (Fsp3) is 0.111. The van der Waals surface area contributed by atoms with Crippen LogP contribution in [0.15, 0.2) is 54.6 Å². The molecule has 0 bridgehead atoms. The van der Waals surface area contributed by atoms with Gasteiger partial charge in [0.2, 0.25) is 11.2 Å². The number of ether oxygens (including phenoxy) is 1. The van der Waals surface area contributed by atoms with Gasteiger partial charge in [0, 0.05) is 5.56 Å². The van der Waals surface area contributed by atoms with Crippen molar-refractivity contribution in [2.24, 2.45) is 0 Å². The molecule has 0 aliphatic carbocycles. The molecule has 3 aromatic rings. The summed E-state index contributed by atoms with van der Waals surface area (Å²) in [5.41, 5.74) is 1.90. The minimum atomic E-state index is -0.343. The van der Waals surface area contributed by atoms with Crippen LogP contribution in [0.25, 0.3) is 10.7 Å². The van der Waals surface area contributed by atoms with Gasteiger partial charge in [-0.3, -0.25) is 10.1 Å². The Kier molecular flexibility index (Phi) is 4.44. The van der Waals surface area contributed by atoms with Gasteiger partial charge in [-0.15, -0.1) is 0 Å². The standard InChI is InChI=1S/C18H15N5O2/c1-12-16(21-19)17(23(22-12)14-6-4-3-5-7-14)20-18(24)13-8-10-15(25-2)11-9-13/h3-11H,1-2H3/p+1. The maximum Gasteiger partial charge on any atom is 0.449 e. The molecule has 1 amide bonds. The third kappa shape index (κ3) is 3.19. The first-order valence-corrected chi connectivity index (χ1v) is 7.59. The van der Waals surface area contributed by atoms with Gasteiger partial charge in [-0.25, -0.2) is 4.68 Å². The SMILES string of the molecule is COc1ccc(C(=O)Nc2c([N+]#N)c(C)nn2-c2ccccc2)cc1. The molecule has 1 heterocycles. The molecule has 0 aliphatic heterocycles. The number of aryl methyl sites for hydroxylation is 1. The van der Waals surface area contributed by atoms with Crippen LogP contribution in [-0.2, 0) is 0 Å². The summed E-state index contributed by atoms with van der Waals surface area (Å²) >= 11 is 0. The van der Waals surface area contributed by atoms with Crippen LogP contribution in [0, 0.1) is 12.3 Å². The highest BCUT2D eigenvalue weighted by Crippen LogP contribution is 2.31. The second-order valence-electron chi connectivity index (χ2n) is 5.31. The molecular weight excluding hydrogens is 318 g/mol. The van der Waals surface area contributed by atoms with Crippen molar-refractivity contribution >= 4 is 17.4 Å². The number of carbonyl (C=O) groups is 1. The van der Waals surface area contributed by atoms with Crippen molar-refractivity contribution in [2.75, 3.05) is 12.4 Å². The number of amides is 1. The van der Waals surface area contributed by atoms with E-state index in [-0.39, 0.29) is 11.6 Å². The van der Waals surface area contributed by atoms with E-state index in [0.717, 1.165) is 5.69 Å². The fourth-order valence-electron chi connectivity index (χ4n) is 2.43. The molecule has 3 rings (SSSR count). The van der Waals surface area contributed by atoms with Crippen molar-refractivity contribution in [3.63, 3.8) is 0 Å². The van der Waals surface area contributed by atoms with Gasteiger partial charge in [0.1, 0.15) is 5.75 Å². The van der Waals surface area contributed by atoms with Crippen molar-refractivity contribution in [1.82, 2.24) is 9.78 Å². The van der Waals surface area contributed by atoms with Gasteiger partial charge in [0.25, 0.3) is 5.91 Å². The number of rotatable bonds is 4. The van der Waals surface area contributed by atoms with E-state index in [9.17, 15) is 10.2 Å². The van der Waals surface area contributed by atoms with Crippen LogP contribution in [0.3, 0.4) is 0 Å². The molecule has 1 N–H and O–H groups in total. The zero-order valence-corrected chi connectivity index (χ0v) is 13.8. The summed E-state index contributed by atoms with van der Waals surface area (Å²) in [4.78, 5) is 15.8. The summed E-state index contributed by atoms with van der Waals surface area (Å²) < 4.78 is 6.62. The van der Waals surface area contributed by atoms with E-state index < -0.39 is 0 Å². The number of hydrogen-bond acceptors (Lipinski definition) is 4. The quantitative estimate of drug-likeness (QED) is 0.733. The van der Waals surface area contributed by atoms with Crippen LogP contribution in [0.1, 0.15) is 16.1 Å². The Labute approximate surface area is 144 Å². The van der Waals surface area contributed by atoms with Gasteiger partial charge < -0.3 is 4.74 Å². The summed E-state index contributed by atoms with van der Waals surface area (Å²) in [6, 6.07) is 16.0. The monoisotopic (exact) mass is 334 g/mol. The predicted octanol–water partition coefficient (Wildman–Crippen LogP) is 3.93. The number of hydrogen-bond donors (Lipinski definition) is 1. The van der Waals surface area contributed by atoms with E-state index in [1.54, 1.807) is 38.3 Å². The highest BCUT2D eigenvalue weighted by Gasteiger charge is 2.28. The summed E-state index contributed by atoms with van der Waals surface area (Å²) in [7, 11) is 1.56. The first-order valence-electron chi connectivity index (χ1n) is 7.59. The molecule has 0 atom stereocenters. The molecule has 7 heteroatoms. The van der Waals surface area contributed by atoms with Gasteiger partial charge >= 0.3 is 5.69 Å². The maximum atomic E-state index is 12.6. The number of aromatic nitrogens is 2. The molecule has 0 unspecified atom stereocenters. The van der Waals surface area contributed by atoms with Crippen molar-refractivity contribution in [3.05, 3.63) is 70.8 Å². The van der Waals surface area contributed by atoms with Crippen molar-refractivity contribution < 1.29 is 9.53 Å². The molecule has 1 aromatic heterocycles. The van der Waals surface area contributed by atoms with E-state index in [4.69, 9.17) is 4.74 Å². The maximum absolute atomic E-state index is 12.6. The zero-order valence-electron chi connectivity index (χ0n) is 13.8. The average molecular weight is 334 g/mol. The Morgan fingerprint density at radius 2 is 1.84 bits per heavy atom. The molecule has 0 fully saturated rings. The minimum Gasteiger partial charge on any atom is -0.497 e. The lowest BCUT2D eigenvalue weighted by Crippen LogP contribution is -2.15. The Hall–Kier alpha value is -3.66. The minimum absolute atomic E-state index is 0.214. The number of nitrogens with one attached hydrogen (secondary N) is 1. The third-order valence-corrected chi connectivity index (χ3v) is 3.71. The Bertz CT molecular complexity index is 940. The third-order valence-electron chi connectivity index (χ3n) is 3.71. The van der Waals surface area contributed by atoms with E-state index in [1.807, 2.05) is 30.3 Å². The smallest absolute Gasteiger partial charge is 0.449 e. The lowest BCUT2D eigenvalue weighted by Gasteiger charge is -2.07. The molecule has 25 heavy (non-hydrogen) atoms. The highest BCUT2D eigenvalue weighted by atomic mass is 16.5. The zero-order chi connectivity index (χ0) is 17.8. The molecule has 7 nitrogen and oxygen atoms in total. The number of diazo groups is 1. The van der Waals surface area contributed by atoms with Gasteiger partial charge in [-0.1, -0.05) is 18.2 Å². The number of para-hydroxylation sites is 1. The average Bonchev–Trinajstić information content (AvgIpc) is 2.97. The summed E-state index contributed by atoms with van der Waals surface area (Å²) in [6.07, 6.45) is 0. The summed E-state index contributed by atoms with van der Waals surface area (Å²) in [6.45, 7) is 1.71. The predicted molar refractivity (Wildman–Crippen MR) is 94.0 cm³/mol. The first-order chi connectivity index (χ1) is 12.1. The largest absolute Gasteiger partial charge is 0.497 e. The lowest BCUT2D eigenvalue weighted by molar-refractivity contribution is 0.102. The number of nitrogens with zero attached hydrogens (tertiary/aromatic N) is 4. The molecule has 0 spiro atoms. The first kappa shape index (κ1) is 16.2. The van der Waals surface area contributed by atoms with Crippen LogP contribution in [0.2, 0.25) is 0 Å². The molecule has 124 valence electrons.